The average Bonchev–Trinajstić information content (AvgIpc) is 2.67. The van der Waals surface area contributed by atoms with Crippen molar-refractivity contribution >= 4 is 33.4 Å². The molecule has 0 atom stereocenters. The van der Waals surface area contributed by atoms with Crippen LogP contribution in [0.3, 0.4) is 0 Å². The Hall–Kier alpha value is -2.03. The predicted molar refractivity (Wildman–Crippen MR) is 118 cm³/mol. The first-order chi connectivity index (χ1) is 13.6. The molecule has 0 aliphatic heterocycles. The SMILES string of the molecule is CSc1ccc(S(=O)(=O)NCc2ccc(OC(C)C)cc2)cc1NC(=O)C(C)C. The van der Waals surface area contributed by atoms with Crippen molar-refractivity contribution in [3.8, 4) is 5.75 Å². The van der Waals surface area contributed by atoms with E-state index in [4.69, 9.17) is 4.74 Å². The molecule has 158 valence electrons. The number of amides is 1. The molecule has 2 N–H and O–H groups in total. The van der Waals surface area contributed by atoms with E-state index in [2.05, 4.69) is 10.0 Å². The van der Waals surface area contributed by atoms with Gasteiger partial charge < -0.3 is 10.1 Å². The lowest BCUT2D eigenvalue weighted by Gasteiger charge is -2.14. The highest BCUT2D eigenvalue weighted by Crippen LogP contribution is 2.28. The van der Waals surface area contributed by atoms with Crippen molar-refractivity contribution in [1.82, 2.24) is 4.72 Å². The molecule has 1 amide bonds. The maximum Gasteiger partial charge on any atom is 0.240 e. The van der Waals surface area contributed by atoms with E-state index in [0.29, 0.717) is 5.69 Å². The third-order valence-electron chi connectivity index (χ3n) is 4.02. The van der Waals surface area contributed by atoms with Gasteiger partial charge in [0, 0.05) is 17.4 Å². The Kier molecular flexibility index (Phi) is 8.13. The van der Waals surface area contributed by atoms with E-state index in [9.17, 15) is 13.2 Å². The van der Waals surface area contributed by atoms with Crippen LogP contribution in [-0.2, 0) is 21.4 Å². The van der Waals surface area contributed by atoms with E-state index < -0.39 is 10.0 Å². The number of nitrogens with one attached hydrogen (secondary N) is 2. The normalized spacial score (nSPS) is 11.7. The van der Waals surface area contributed by atoms with Crippen LogP contribution in [0.2, 0.25) is 0 Å². The van der Waals surface area contributed by atoms with Gasteiger partial charge in [-0.1, -0.05) is 26.0 Å². The number of thioether (sulfide) groups is 1. The zero-order chi connectivity index (χ0) is 21.6. The second kappa shape index (κ2) is 10.1. The zero-order valence-corrected chi connectivity index (χ0v) is 19.0. The number of carbonyl (C=O) groups excluding carboxylic acids is 1. The van der Waals surface area contributed by atoms with Gasteiger partial charge in [0.05, 0.1) is 16.7 Å². The summed E-state index contributed by atoms with van der Waals surface area (Å²) >= 11 is 1.44. The molecule has 29 heavy (non-hydrogen) atoms. The van der Waals surface area contributed by atoms with Crippen molar-refractivity contribution in [2.45, 2.75) is 50.1 Å². The predicted octanol–water partition coefficient (Wildman–Crippen LogP) is 4.27. The number of ether oxygens (including phenoxy) is 1. The Bertz CT molecular complexity index is 940. The molecule has 2 aromatic rings. The molecule has 0 spiro atoms. The van der Waals surface area contributed by atoms with E-state index in [1.807, 2.05) is 44.4 Å². The molecule has 0 aliphatic carbocycles. The lowest BCUT2D eigenvalue weighted by Crippen LogP contribution is -2.24. The molecule has 0 fully saturated rings. The molecular formula is C21H28N2O4S2. The summed E-state index contributed by atoms with van der Waals surface area (Å²) in [7, 11) is -3.73. The summed E-state index contributed by atoms with van der Waals surface area (Å²) in [6.45, 7) is 7.62. The first-order valence-corrected chi connectivity index (χ1v) is 12.1. The Morgan fingerprint density at radius 1 is 1.07 bits per heavy atom. The summed E-state index contributed by atoms with van der Waals surface area (Å²) in [6.07, 6.45) is 1.95. The lowest BCUT2D eigenvalue weighted by atomic mass is 10.2. The molecule has 2 rings (SSSR count). The Morgan fingerprint density at radius 3 is 2.28 bits per heavy atom. The molecular weight excluding hydrogens is 408 g/mol. The zero-order valence-electron chi connectivity index (χ0n) is 17.4. The molecule has 0 radical (unpaired) electrons. The molecule has 0 saturated carbocycles. The molecule has 2 aromatic carbocycles. The van der Waals surface area contributed by atoms with Gasteiger partial charge in [-0.3, -0.25) is 4.79 Å². The first-order valence-electron chi connectivity index (χ1n) is 9.36. The van der Waals surface area contributed by atoms with Crippen molar-refractivity contribution < 1.29 is 17.9 Å². The number of sulfonamides is 1. The fraction of sp³-hybridized carbons (Fsp3) is 0.381. The van der Waals surface area contributed by atoms with Gasteiger partial charge in [-0.2, -0.15) is 0 Å². The van der Waals surface area contributed by atoms with Gasteiger partial charge in [0.2, 0.25) is 15.9 Å². The summed E-state index contributed by atoms with van der Waals surface area (Å²) in [5.41, 5.74) is 1.31. The summed E-state index contributed by atoms with van der Waals surface area (Å²) < 4.78 is 33.7. The standard InChI is InChI=1S/C21H28N2O4S2/c1-14(2)21(24)23-19-12-18(10-11-20(19)28-5)29(25,26)22-13-16-6-8-17(9-7-16)27-15(3)4/h6-12,14-15,22H,13H2,1-5H3,(H,23,24). The van der Waals surface area contributed by atoms with Crippen LogP contribution in [0.4, 0.5) is 5.69 Å². The van der Waals surface area contributed by atoms with Crippen LogP contribution in [0.25, 0.3) is 0 Å². The van der Waals surface area contributed by atoms with Gasteiger partial charge in [-0.25, -0.2) is 13.1 Å². The van der Waals surface area contributed by atoms with E-state index in [1.54, 1.807) is 26.0 Å². The Balaban J connectivity index is 2.14. The number of hydrogen-bond acceptors (Lipinski definition) is 5. The number of rotatable bonds is 9. The molecule has 0 bridgehead atoms. The van der Waals surface area contributed by atoms with E-state index in [1.165, 1.54) is 17.8 Å². The van der Waals surface area contributed by atoms with Gasteiger partial charge >= 0.3 is 0 Å². The van der Waals surface area contributed by atoms with Crippen LogP contribution in [0.1, 0.15) is 33.3 Å². The van der Waals surface area contributed by atoms with Crippen LogP contribution >= 0.6 is 11.8 Å². The van der Waals surface area contributed by atoms with Crippen LogP contribution in [0, 0.1) is 5.92 Å². The molecule has 8 heteroatoms. The summed E-state index contributed by atoms with van der Waals surface area (Å²) in [4.78, 5) is 13.0. The molecule has 0 heterocycles. The molecule has 0 unspecified atom stereocenters. The highest BCUT2D eigenvalue weighted by Gasteiger charge is 2.18. The molecule has 6 nitrogen and oxygen atoms in total. The van der Waals surface area contributed by atoms with E-state index in [-0.39, 0.29) is 29.4 Å². The first kappa shape index (κ1) is 23.3. The fourth-order valence-corrected chi connectivity index (χ4v) is 4.03. The van der Waals surface area contributed by atoms with Gasteiger partial charge in [0.1, 0.15) is 5.75 Å². The van der Waals surface area contributed by atoms with Crippen molar-refractivity contribution in [1.29, 1.82) is 0 Å². The minimum absolute atomic E-state index is 0.0778. The molecule has 0 aliphatic rings. The Labute approximate surface area is 177 Å². The minimum Gasteiger partial charge on any atom is -0.491 e. The fourth-order valence-electron chi connectivity index (χ4n) is 2.45. The second-order valence-electron chi connectivity index (χ2n) is 7.14. The minimum atomic E-state index is -3.73. The largest absolute Gasteiger partial charge is 0.491 e. The number of benzene rings is 2. The van der Waals surface area contributed by atoms with Crippen LogP contribution in [-0.4, -0.2) is 26.7 Å². The van der Waals surface area contributed by atoms with Gasteiger partial charge in [0.25, 0.3) is 0 Å². The summed E-state index contributed by atoms with van der Waals surface area (Å²) in [6, 6.07) is 12.0. The van der Waals surface area contributed by atoms with Crippen LogP contribution in [0.5, 0.6) is 5.75 Å². The van der Waals surface area contributed by atoms with Gasteiger partial charge in [-0.05, 0) is 56.0 Å². The third-order valence-corrected chi connectivity index (χ3v) is 6.22. The molecule has 0 saturated heterocycles. The van der Waals surface area contributed by atoms with E-state index >= 15 is 0 Å². The highest BCUT2D eigenvalue weighted by atomic mass is 32.2. The lowest BCUT2D eigenvalue weighted by molar-refractivity contribution is -0.118. The molecule has 0 aromatic heterocycles. The smallest absolute Gasteiger partial charge is 0.240 e. The van der Waals surface area contributed by atoms with Crippen molar-refractivity contribution in [2.24, 2.45) is 5.92 Å². The van der Waals surface area contributed by atoms with Crippen LogP contribution in [0.15, 0.2) is 52.3 Å². The number of hydrogen-bond donors (Lipinski definition) is 2. The van der Waals surface area contributed by atoms with Gasteiger partial charge in [0.15, 0.2) is 0 Å². The number of carbonyl (C=O) groups is 1. The quantitative estimate of drug-likeness (QED) is 0.574. The van der Waals surface area contributed by atoms with Gasteiger partial charge in [-0.15, -0.1) is 11.8 Å². The van der Waals surface area contributed by atoms with E-state index in [0.717, 1.165) is 16.2 Å². The van der Waals surface area contributed by atoms with Crippen LogP contribution < -0.4 is 14.8 Å². The van der Waals surface area contributed by atoms with Crippen molar-refractivity contribution in [3.63, 3.8) is 0 Å². The summed E-state index contributed by atoms with van der Waals surface area (Å²) in [5, 5.41) is 2.80. The average molecular weight is 437 g/mol. The topological polar surface area (TPSA) is 84.5 Å². The summed E-state index contributed by atoms with van der Waals surface area (Å²) in [5.74, 6) is 0.377. The second-order valence-corrected chi connectivity index (χ2v) is 9.76. The third kappa shape index (κ3) is 6.76. The maximum atomic E-state index is 12.7. The monoisotopic (exact) mass is 436 g/mol. The van der Waals surface area contributed by atoms with Crippen molar-refractivity contribution in [3.05, 3.63) is 48.0 Å². The van der Waals surface area contributed by atoms with Crippen molar-refractivity contribution in [2.75, 3.05) is 11.6 Å². The highest BCUT2D eigenvalue weighted by molar-refractivity contribution is 7.98. The maximum absolute atomic E-state index is 12.7. The number of anilines is 1. The Morgan fingerprint density at radius 2 is 1.72 bits per heavy atom.